The number of hydrogen-bond acceptors (Lipinski definition) is 2. The smallest absolute Gasteiger partial charge is 0.252 e. The molecule has 1 unspecified atom stereocenters. The average molecular weight is 322 g/mol. The maximum absolute atomic E-state index is 13.6. The van der Waals surface area contributed by atoms with E-state index in [0.29, 0.717) is 31.2 Å². The van der Waals surface area contributed by atoms with Gasteiger partial charge in [-0.25, -0.2) is 8.78 Å². The maximum Gasteiger partial charge on any atom is 0.252 e. The van der Waals surface area contributed by atoms with Crippen molar-refractivity contribution >= 4 is 17.5 Å². The molecular formula is C17H20F2N2O2. The van der Waals surface area contributed by atoms with Crippen molar-refractivity contribution in [2.24, 2.45) is 5.92 Å². The molecule has 1 aliphatic carbocycles. The van der Waals surface area contributed by atoms with Crippen LogP contribution in [0, 0.1) is 5.92 Å². The second-order valence-electron chi connectivity index (χ2n) is 6.36. The van der Waals surface area contributed by atoms with Gasteiger partial charge in [-0.05, 0) is 43.0 Å². The lowest BCUT2D eigenvalue weighted by Gasteiger charge is -2.26. The van der Waals surface area contributed by atoms with Crippen molar-refractivity contribution in [3.63, 3.8) is 0 Å². The van der Waals surface area contributed by atoms with Crippen molar-refractivity contribution in [1.82, 2.24) is 5.32 Å². The highest BCUT2D eigenvalue weighted by atomic mass is 19.3. The van der Waals surface area contributed by atoms with E-state index in [9.17, 15) is 18.4 Å². The summed E-state index contributed by atoms with van der Waals surface area (Å²) in [5.74, 6) is -3.73. The highest BCUT2D eigenvalue weighted by molar-refractivity contribution is 5.98. The number of nitrogens with one attached hydrogen (secondary N) is 1. The van der Waals surface area contributed by atoms with Gasteiger partial charge in [0.2, 0.25) is 5.91 Å². The number of halogens is 2. The largest absolute Gasteiger partial charge is 0.352 e. The van der Waals surface area contributed by atoms with E-state index in [2.05, 4.69) is 5.32 Å². The quantitative estimate of drug-likeness (QED) is 0.930. The van der Waals surface area contributed by atoms with E-state index in [1.165, 1.54) is 0 Å². The third kappa shape index (κ3) is 3.07. The van der Waals surface area contributed by atoms with E-state index in [4.69, 9.17) is 0 Å². The third-order valence-corrected chi connectivity index (χ3v) is 4.85. The van der Waals surface area contributed by atoms with Crippen LogP contribution >= 0.6 is 0 Å². The molecule has 0 saturated heterocycles. The van der Waals surface area contributed by atoms with Crippen molar-refractivity contribution < 1.29 is 18.4 Å². The van der Waals surface area contributed by atoms with E-state index in [1.807, 2.05) is 0 Å². The second-order valence-corrected chi connectivity index (χ2v) is 6.36. The first kappa shape index (κ1) is 15.9. The minimum Gasteiger partial charge on any atom is -0.352 e. The molecule has 1 atom stereocenters. The normalized spacial score (nSPS) is 22.8. The monoisotopic (exact) mass is 322 g/mol. The molecule has 0 bridgehead atoms. The van der Waals surface area contributed by atoms with Gasteiger partial charge in [-0.3, -0.25) is 9.59 Å². The molecule has 1 aromatic carbocycles. The fourth-order valence-corrected chi connectivity index (χ4v) is 3.37. The summed E-state index contributed by atoms with van der Waals surface area (Å²) in [5, 5.41) is 2.62. The van der Waals surface area contributed by atoms with Gasteiger partial charge in [0.25, 0.3) is 11.8 Å². The zero-order chi connectivity index (χ0) is 16.6. The van der Waals surface area contributed by atoms with Gasteiger partial charge in [0.1, 0.15) is 0 Å². The van der Waals surface area contributed by atoms with Crippen LogP contribution in [-0.4, -0.2) is 31.3 Å². The van der Waals surface area contributed by atoms with Crippen molar-refractivity contribution in [3.05, 3.63) is 29.3 Å². The Morgan fingerprint density at radius 1 is 1.39 bits per heavy atom. The number of benzene rings is 1. The van der Waals surface area contributed by atoms with Gasteiger partial charge in [-0.2, -0.15) is 0 Å². The van der Waals surface area contributed by atoms with Crippen LogP contribution in [0.3, 0.4) is 0 Å². The summed E-state index contributed by atoms with van der Waals surface area (Å²) in [5.41, 5.74) is 2.19. The summed E-state index contributed by atoms with van der Waals surface area (Å²) in [6.45, 7) is 0.00130. The first-order valence-corrected chi connectivity index (χ1v) is 7.94. The topological polar surface area (TPSA) is 49.4 Å². The van der Waals surface area contributed by atoms with Gasteiger partial charge >= 0.3 is 0 Å². The minimum atomic E-state index is -2.67. The van der Waals surface area contributed by atoms with E-state index in [0.717, 1.165) is 11.3 Å². The number of alkyl halides is 2. The lowest BCUT2D eigenvalue weighted by molar-refractivity contribution is -0.118. The summed E-state index contributed by atoms with van der Waals surface area (Å²) in [7, 11) is 1.71. The zero-order valence-electron chi connectivity index (χ0n) is 13.1. The molecule has 1 N–H and O–H groups in total. The minimum absolute atomic E-state index is 0.00130. The van der Waals surface area contributed by atoms with E-state index in [-0.39, 0.29) is 24.8 Å². The second kappa shape index (κ2) is 5.91. The van der Waals surface area contributed by atoms with Crippen LogP contribution in [-0.2, 0) is 11.2 Å². The van der Waals surface area contributed by atoms with Crippen LogP contribution in [0.5, 0.6) is 0 Å². The maximum atomic E-state index is 13.6. The highest BCUT2D eigenvalue weighted by Crippen LogP contribution is 2.39. The highest BCUT2D eigenvalue weighted by Gasteiger charge is 2.43. The summed E-state index contributed by atoms with van der Waals surface area (Å²) < 4.78 is 27.2. The van der Waals surface area contributed by atoms with Crippen molar-refractivity contribution in [2.45, 2.75) is 38.0 Å². The van der Waals surface area contributed by atoms with Gasteiger partial charge in [0.05, 0.1) is 0 Å². The molecule has 2 amide bonds. The molecule has 1 aliphatic heterocycles. The van der Waals surface area contributed by atoms with Gasteiger partial charge in [-0.1, -0.05) is 0 Å². The molecule has 4 nitrogen and oxygen atoms in total. The van der Waals surface area contributed by atoms with E-state index >= 15 is 0 Å². The molecule has 0 aromatic heterocycles. The van der Waals surface area contributed by atoms with E-state index in [1.54, 1.807) is 30.1 Å². The van der Waals surface area contributed by atoms with Crippen LogP contribution in [0.1, 0.15) is 41.6 Å². The lowest BCUT2D eigenvalue weighted by Crippen LogP contribution is -2.36. The Morgan fingerprint density at radius 3 is 2.87 bits per heavy atom. The number of aryl methyl sites for hydroxylation is 1. The van der Waals surface area contributed by atoms with Crippen LogP contribution in [0.4, 0.5) is 14.5 Å². The molecule has 6 heteroatoms. The molecule has 1 saturated carbocycles. The Bertz CT molecular complexity index is 645. The number of carbonyl (C=O) groups is 2. The Kier molecular flexibility index (Phi) is 4.08. The number of fused-ring (bicyclic) bond motifs is 1. The van der Waals surface area contributed by atoms with Gasteiger partial charge in [-0.15, -0.1) is 0 Å². The predicted molar refractivity (Wildman–Crippen MR) is 82.8 cm³/mol. The molecule has 3 rings (SSSR count). The molecule has 23 heavy (non-hydrogen) atoms. The summed E-state index contributed by atoms with van der Waals surface area (Å²) >= 11 is 0. The Balaban J connectivity index is 1.68. The third-order valence-electron chi connectivity index (χ3n) is 4.85. The molecule has 0 spiro atoms. The first-order chi connectivity index (χ1) is 10.9. The average Bonchev–Trinajstić information content (AvgIpc) is 2.87. The molecule has 124 valence electrons. The van der Waals surface area contributed by atoms with Crippen LogP contribution < -0.4 is 10.2 Å². The van der Waals surface area contributed by atoms with Crippen molar-refractivity contribution in [3.8, 4) is 0 Å². The van der Waals surface area contributed by atoms with Crippen LogP contribution in [0.15, 0.2) is 18.2 Å². The predicted octanol–water partition coefficient (Wildman–Crippen LogP) is 2.76. The number of rotatable bonds is 3. The SMILES string of the molecule is CN1C(=O)CCc2cc(C(=O)NCC3CCCC3(F)F)ccc21. The van der Waals surface area contributed by atoms with Crippen molar-refractivity contribution in [1.29, 1.82) is 0 Å². The Hall–Kier alpha value is -1.98. The molecule has 1 fully saturated rings. The van der Waals surface area contributed by atoms with Crippen LogP contribution in [0.2, 0.25) is 0 Å². The van der Waals surface area contributed by atoms with Crippen molar-refractivity contribution in [2.75, 3.05) is 18.5 Å². The zero-order valence-corrected chi connectivity index (χ0v) is 13.1. The van der Waals surface area contributed by atoms with Gasteiger partial charge in [0.15, 0.2) is 0 Å². The molecule has 0 radical (unpaired) electrons. The fourth-order valence-electron chi connectivity index (χ4n) is 3.37. The summed E-state index contributed by atoms with van der Waals surface area (Å²) in [6, 6.07) is 5.13. The Morgan fingerprint density at radius 2 is 2.17 bits per heavy atom. The first-order valence-electron chi connectivity index (χ1n) is 7.94. The molecule has 1 heterocycles. The van der Waals surface area contributed by atoms with E-state index < -0.39 is 11.8 Å². The number of anilines is 1. The number of hydrogen-bond donors (Lipinski definition) is 1. The number of carbonyl (C=O) groups excluding carboxylic acids is 2. The lowest BCUT2D eigenvalue weighted by atomic mass is 9.98. The molecule has 1 aromatic rings. The standard InChI is InChI=1S/C17H20F2N2O2/c1-21-14-6-4-12(9-11(14)5-7-15(21)22)16(23)20-10-13-3-2-8-17(13,18)19/h4,6,9,13H,2-3,5,7-8,10H2,1H3,(H,20,23). The summed E-state index contributed by atoms with van der Waals surface area (Å²) in [6.07, 6.45) is 1.88. The van der Waals surface area contributed by atoms with Crippen LogP contribution in [0.25, 0.3) is 0 Å². The number of nitrogens with zero attached hydrogens (tertiary/aromatic N) is 1. The van der Waals surface area contributed by atoms with Gasteiger partial charge in [0, 0.05) is 43.6 Å². The fraction of sp³-hybridized carbons (Fsp3) is 0.529. The molecule has 2 aliphatic rings. The number of amides is 2. The Labute approximate surface area is 133 Å². The molecular weight excluding hydrogens is 302 g/mol. The summed E-state index contributed by atoms with van der Waals surface area (Å²) in [4.78, 5) is 25.5. The van der Waals surface area contributed by atoms with Gasteiger partial charge < -0.3 is 10.2 Å².